The van der Waals surface area contributed by atoms with Gasteiger partial charge in [-0.15, -0.1) is 0 Å². The number of nitrogens with zero attached hydrogens (tertiary/aromatic N) is 2. The van der Waals surface area contributed by atoms with Crippen LogP contribution in [0.1, 0.15) is 19.4 Å². The zero-order valence-corrected chi connectivity index (χ0v) is 16.2. The first-order valence-corrected chi connectivity index (χ1v) is 9.28. The van der Waals surface area contributed by atoms with E-state index in [9.17, 15) is 18.0 Å². The van der Waals surface area contributed by atoms with Crippen LogP contribution in [0.15, 0.2) is 42.6 Å². The highest BCUT2D eigenvalue weighted by molar-refractivity contribution is 5.93. The fourth-order valence-electron chi connectivity index (χ4n) is 3.21. The molecule has 0 aliphatic carbocycles. The summed E-state index contributed by atoms with van der Waals surface area (Å²) in [5.41, 5.74) is -0.0348. The average molecular weight is 408 g/mol. The number of nitrogens with one attached hydrogen (secondary N) is 2. The summed E-state index contributed by atoms with van der Waals surface area (Å²) in [5, 5.41) is 5.37. The van der Waals surface area contributed by atoms with Crippen molar-refractivity contribution in [1.29, 1.82) is 0 Å². The minimum Gasteiger partial charge on any atom is -0.376 e. The first kappa shape index (κ1) is 20.9. The smallest absolute Gasteiger partial charge is 0.376 e. The van der Waals surface area contributed by atoms with E-state index in [-0.39, 0.29) is 30.3 Å². The minimum atomic E-state index is -4.43. The highest BCUT2D eigenvalue weighted by atomic mass is 19.4. The Hall–Kier alpha value is -2.81. The van der Waals surface area contributed by atoms with Gasteiger partial charge in [-0.1, -0.05) is 6.07 Å². The van der Waals surface area contributed by atoms with E-state index in [2.05, 4.69) is 20.5 Å². The van der Waals surface area contributed by atoms with Gasteiger partial charge in [0.05, 0.1) is 36.2 Å². The molecule has 1 fully saturated rings. The second-order valence-corrected chi connectivity index (χ2v) is 7.05. The van der Waals surface area contributed by atoms with Crippen LogP contribution in [0.4, 0.5) is 30.4 Å². The zero-order chi connectivity index (χ0) is 21.0. The maximum Gasteiger partial charge on any atom is 0.416 e. The van der Waals surface area contributed by atoms with Crippen LogP contribution < -0.4 is 15.5 Å². The lowest BCUT2D eigenvalue weighted by Gasteiger charge is -2.36. The lowest BCUT2D eigenvalue weighted by Crippen LogP contribution is -2.45. The van der Waals surface area contributed by atoms with Crippen molar-refractivity contribution in [2.75, 3.05) is 35.2 Å². The summed E-state index contributed by atoms with van der Waals surface area (Å²) >= 11 is 0. The van der Waals surface area contributed by atoms with Gasteiger partial charge in [-0.2, -0.15) is 13.2 Å². The second kappa shape index (κ2) is 8.69. The maximum absolute atomic E-state index is 12.7. The summed E-state index contributed by atoms with van der Waals surface area (Å²) in [6.45, 7) is 5.33. The Labute approximate surface area is 167 Å². The van der Waals surface area contributed by atoms with Gasteiger partial charge in [-0.05, 0) is 44.2 Å². The number of halogens is 3. The van der Waals surface area contributed by atoms with Crippen LogP contribution in [0.25, 0.3) is 0 Å². The second-order valence-electron chi connectivity index (χ2n) is 7.05. The Bertz CT molecular complexity index is 832. The highest BCUT2D eigenvalue weighted by Gasteiger charge is 2.30. The Balaban J connectivity index is 1.53. The molecule has 1 aromatic heterocycles. The molecule has 156 valence electrons. The lowest BCUT2D eigenvalue weighted by molar-refractivity contribution is -0.137. The van der Waals surface area contributed by atoms with Gasteiger partial charge in [0, 0.05) is 18.8 Å². The summed E-state index contributed by atoms with van der Waals surface area (Å²) in [4.78, 5) is 18.6. The number of rotatable bonds is 5. The minimum absolute atomic E-state index is 0.113. The van der Waals surface area contributed by atoms with Gasteiger partial charge in [0.15, 0.2) is 0 Å². The quantitative estimate of drug-likeness (QED) is 0.789. The number of hydrogen-bond acceptors (Lipinski definition) is 5. The Morgan fingerprint density at radius 3 is 2.52 bits per heavy atom. The third kappa shape index (κ3) is 5.83. The molecule has 0 radical (unpaired) electrons. The number of pyridine rings is 1. The van der Waals surface area contributed by atoms with Crippen molar-refractivity contribution in [3.8, 4) is 0 Å². The molecule has 29 heavy (non-hydrogen) atoms. The lowest BCUT2D eigenvalue weighted by atomic mass is 10.2. The van der Waals surface area contributed by atoms with Crippen LogP contribution >= 0.6 is 0 Å². The number of hydrogen-bond donors (Lipinski definition) is 2. The predicted molar refractivity (Wildman–Crippen MR) is 105 cm³/mol. The molecule has 1 aliphatic heterocycles. The van der Waals surface area contributed by atoms with Gasteiger partial charge in [0.1, 0.15) is 5.82 Å². The van der Waals surface area contributed by atoms with Crippen LogP contribution in [-0.2, 0) is 15.7 Å². The van der Waals surface area contributed by atoms with E-state index < -0.39 is 11.7 Å². The Morgan fingerprint density at radius 2 is 1.90 bits per heavy atom. The molecule has 6 nitrogen and oxygen atoms in total. The van der Waals surface area contributed by atoms with Crippen molar-refractivity contribution in [1.82, 2.24) is 4.98 Å². The van der Waals surface area contributed by atoms with Crippen LogP contribution in [0, 0.1) is 0 Å². The number of anilines is 3. The largest absolute Gasteiger partial charge is 0.416 e. The van der Waals surface area contributed by atoms with Gasteiger partial charge in [-0.3, -0.25) is 4.79 Å². The van der Waals surface area contributed by atoms with Crippen molar-refractivity contribution in [3.05, 3.63) is 48.2 Å². The van der Waals surface area contributed by atoms with Crippen molar-refractivity contribution in [3.63, 3.8) is 0 Å². The molecule has 1 amide bonds. The molecule has 0 bridgehead atoms. The molecule has 1 aliphatic rings. The average Bonchev–Trinajstić information content (AvgIpc) is 2.66. The summed E-state index contributed by atoms with van der Waals surface area (Å²) in [7, 11) is 0. The number of aromatic nitrogens is 1. The van der Waals surface area contributed by atoms with Crippen molar-refractivity contribution in [2.45, 2.75) is 32.2 Å². The molecule has 2 aromatic rings. The molecule has 1 aromatic carbocycles. The molecule has 2 unspecified atom stereocenters. The fourth-order valence-corrected chi connectivity index (χ4v) is 3.21. The van der Waals surface area contributed by atoms with Gasteiger partial charge >= 0.3 is 6.18 Å². The SMILES string of the molecule is CC1CN(c2ccc(NC(=O)CNc3cccc(C(F)(F)F)c3)cn2)CC(C)O1. The monoisotopic (exact) mass is 408 g/mol. The number of morpholine rings is 1. The number of ether oxygens (including phenoxy) is 1. The first-order valence-electron chi connectivity index (χ1n) is 9.28. The fraction of sp³-hybridized carbons (Fsp3) is 0.400. The van der Waals surface area contributed by atoms with E-state index in [1.807, 2.05) is 19.9 Å². The zero-order valence-electron chi connectivity index (χ0n) is 16.2. The Kier molecular flexibility index (Phi) is 6.26. The van der Waals surface area contributed by atoms with E-state index in [0.29, 0.717) is 5.69 Å². The van der Waals surface area contributed by atoms with E-state index in [4.69, 9.17) is 4.74 Å². The molecule has 2 heterocycles. The van der Waals surface area contributed by atoms with E-state index >= 15 is 0 Å². The Morgan fingerprint density at radius 1 is 1.17 bits per heavy atom. The third-order valence-electron chi connectivity index (χ3n) is 4.42. The summed E-state index contributed by atoms with van der Waals surface area (Å²) in [6.07, 6.45) is -2.64. The van der Waals surface area contributed by atoms with Gasteiger partial charge in [-0.25, -0.2) is 4.98 Å². The van der Waals surface area contributed by atoms with Crippen molar-refractivity contribution >= 4 is 23.1 Å². The van der Waals surface area contributed by atoms with Gasteiger partial charge < -0.3 is 20.3 Å². The number of carbonyl (C=O) groups is 1. The molecule has 2 N–H and O–H groups in total. The maximum atomic E-state index is 12.7. The van der Waals surface area contributed by atoms with Crippen LogP contribution in [-0.4, -0.2) is 42.7 Å². The predicted octanol–water partition coefficient (Wildman–Crippen LogP) is 3.76. The molecular formula is C20H23F3N4O2. The number of benzene rings is 1. The van der Waals surface area contributed by atoms with E-state index in [1.54, 1.807) is 12.3 Å². The van der Waals surface area contributed by atoms with Gasteiger partial charge in [0.25, 0.3) is 0 Å². The summed E-state index contributed by atoms with van der Waals surface area (Å²) in [5.74, 6) is 0.415. The first-order chi connectivity index (χ1) is 13.7. The summed E-state index contributed by atoms with van der Waals surface area (Å²) in [6, 6.07) is 8.28. The molecule has 2 atom stereocenters. The van der Waals surface area contributed by atoms with E-state index in [1.165, 1.54) is 12.1 Å². The van der Waals surface area contributed by atoms with Crippen LogP contribution in [0.3, 0.4) is 0 Å². The summed E-state index contributed by atoms with van der Waals surface area (Å²) < 4.78 is 43.9. The number of amides is 1. The molecular weight excluding hydrogens is 385 g/mol. The molecule has 0 saturated carbocycles. The van der Waals surface area contributed by atoms with E-state index in [0.717, 1.165) is 31.0 Å². The normalized spacial score (nSPS) is 19.7. The molecule has 1 saturated heterocycles. The van der Waals surface area contributed by atoms with Crippen molar-refractivity contribution in [2.24, 2.45) is 0 Å². The topological polar surface area (TPSA) is 66.5 Å². The van der Waals surface area contributed by atoms with Gasteiger partial charge in [0.2, 0.25) is 5.91 Å². The van der Waals surface area contributed by atoms with Crippen LogP contribution in [0.5, 0.6) is 0 Å². The number of alkyl halides is 3. The number of carbonyl (C=O) groups excluding carboxylic acids is 1. The third-order valence-corrected chi connectivity index (χ3v) is 4.42. The van der Waals surface area contributed by atoms with Crippen molar-refractivity contribution < 1.29 is 22.7 Å². The molecule has 0 spiro atoms. The standard InChI is InChI=1S/C20H23F3N4O2/c1-13-11-27(12-14(2)29-13)18-7-6-17(9-25-18)26-19(28)10-24-16-5-3-4-15(8-16)20(21,22)23/h3-9,13-14,24H,10-12H2,1-2H3,(H,26,28). The molecule has 9 heteroatoms. The highest BCUT2D eigenvalue weighted by Crippen LogP contribution is 2.30. The van der Waals surface area contributed by atoms with Crippen LogP contribution in [0.2, 0.25) is 0 Å². The molecule has 3 rings (SSSR count).